The zero-order valence-electron chi connectivity index (χ0n) is 11.9. The van der Waals surface area contributed by atoms with E-state index in [2.05, 4.69) is 46.4 Å². The molecule has 1 aromatic heterocycles. The van der Waals surface area contributed by atoms with Crippen molar-refractivity contribution < 1.29 is 0 Å². The van der Waals surface area contributed by atoms with Gasteiger partial charge in [0.15, 0.2) is 0 Å². The lowest BCUT2D eigenvalue weighted by Crippen LogP contribution is -2.38. The van der Waals surface area contributed by atoms with Crippen LogP contribution in [-0.4, -0.2) is 35.6 Å². The average Bonchev–Trinajstić information content (AvgIpc) is 2.48. The first-order valence-electron chi connectivity index (χ1n) is 7.18. The van der Waals surface area contributed by atoms with Crippen molar-refractivity contribution in [3.05, 3.63) is 36.7 Å². The predicted octanol–water partition coefficient (Wildman–Crippen LogP) is 3.55. The lowest BCUT2D eigenvalue weighted by atomic mass is 10.0. The molecule has 0 aliphatic carbocycles. The minimum Gasteiger partial charge on any atom is -0.382 e. The highest BCUT2D eigenvalue weighted by molar-refractivity contribution is 5.85. The molecular weight excluding hydrogens is 270 g/mol. The van der Waals surface area contributed by atoms with E-state index in [-0.39, 0.29) is 12.4 Å². The Morgan fingerprint density at radius 1 is 1.20 bits per heavy atom. The lowest BCUT2D eigenvalue weighted by Gasteiger charge is -2.32. The van der Waals surface area contributed by atoms with Crippen LogP contribution in [0.5, 0.6) is 0 Å². The molecule has 3 rings (SSSR count). The molecule has 0 unspecified atom stereocenters. The Morgan fingerprint density at radius 3 is 2.75 bits per heavy atom. The van der Waals surface area contributed by atoms with Gasteiger partial charge in [0.1, 0.15) is 0 Å². The maximum Gasteiger partial charge on any atom is 0.0348 e. The second-order valence-electron chi connectivity index (χ2n) is 5.29. The molecule has 1 fully saturated rings. The van der Waals surface area contributed by atoms with Gasteiger partial charge in [-0.2, -0.15) is 0 Å². The topological polar surface area (TPSA) is 28.2 Å². The summed E-state index contributed by atoms with van der Waals surface area (Å²) < 4.78 is 0. The third kappa shape index (κ3) is 3.41. The smallest absolute Gasteiger partial charge is 0.0348 e. The number of piperidine rings is 1. The van der Waals surface area contributed by atoms with Crippen LogP contribution >= 0.6 is 12.4 Å². The number of hydrogen-bond donors (Lipinski definition) is 1. The highest BCUT2D eigenvalue weighted by atomic mass is 35.5. The SMILES string of the molecule is CCN1CCC(Nc2ccc3cnccc3c2)CC1.Cl. The lowest BCUT2D eigenvalue weighted by molar-refractivity contribution is 0.229. The van der Waals surface area contributed by atoms with Crippen LogP contribution in [0.4, 0.5) is 5.69 Å². The number of aromatic nitrogens is 1. The molecule has 20 heavy (non-hydrogen) atoms. The highest BCUT2D eigenvalue weighted by Crippen LogP contribution is 2.21. The maximum atomic E-state index is 4.15. The van der Waals surface area contributed by atoms with E-state index < -0.39 is 0 Å². The molecule has 1 saturated heterocycles. The van der Waals surface area contributed by atoms with Crippen molar-refractivity contribution in [2.45, 2.75) is 25.8 Å². The van der Waals surface area contributed by atoms with Gasteiger partial charge in [-0.25, -0.2) is 0 Å². The van der Waals surface area contributed by atoms with Crippen molar-refractivity contribution in [1.82, 2.24) is 9.88 Å². The number of nitrogens with zero attached hydrogens (tertiary/aromatic N) is 2. The number of halogens is 1. The third-order valence-electron chi connectivity index (χ3n) is 4.05. The molecule has 1 aromatic carbocycles. The van der Waals surface area contributed by atoms with E-state index in [1.165, 1.54) is 48.9 Å². The first-order chi connectivity index (χ1) is 9.35. The highest BCUT2D eigenvalue weighted by Gasteiger charge is 2.17. The van der Waals surface area contributed by atoms with Crippen molar-refractivity contribution >= 4 is 28.9 Å². The summed E-state index contributed by atoms with van der Waals surface area (Å²) in [5, 5.41) is 6.13. The predicted molar refractivity (Wildman–Crippen MR) is 87.7 cm³/mol. The van der Waals surface area contributed by atoms with Gasteiger partial charge in [0.2, 0.25) is 0 Å². The molecule has 0 amide bonds. The molecule has 0 radical (unpaired) electrons. The largest absolute Gasteiger partial charge is 0.382 e. The molecular formula is C16H22ClN3. The number of nitrogens with one attached hydrogen (secondary N) is 1. The Balaban J connectivity index is 0.00000147. The number of benzene rings is 1. The zero-order chi connectivity index (χ0) is 13.1. The van der Waals surface area contributed by atoms with E-state index in [0.717, 1.165) is 0 Å². The zero-order valence-corrected chi connectivity index (χ0v) is 12.7. The molecule has 0 bridgehead atoms. The van der Waals surface area contributed by atoms with E-state index in [1.807, 2.05) is 12.4 Å². The van der Waals surface area contributed by atoms with Crippen LogP contribution in [0.1, 0.15) is 19.8 Å². The molecule has 1 aliphatic rings. The Bertz CT molecular complexity index is 550. The van der Waals surface area contributed by atoms with Crippen LogP contribution in [0.15, 0.2) is 36.7 Å². The summed E-state index contributed by atoms with van der Waals surface area (Å²) in [6.45, 7) is 5.85. The fraction of sp³-hybridized carbons (Fsp3) is 0.438. The van der Waals surface area contributed by atoms with E-state index in [9.17, 15) is 0 Å². The maximum absolute atomic E-state index is 4.15. The summed E-state index contributed by atoms with van der Waals surface area (Å²) in [6.07, 6.45) is 6.25. The fourth-order valence-electron chi connectivity index (χ4n) is 2.80. The van der Waals surface area contributed by atoms with Gasteiger partial charge in [-0.3, -0.25) is 4.98 Å². The average molecular weight is 292 g/mol. The second kappa shape index (κ2) is 6.91. The Kier molecular flexibility index (Phi) is 5.21. The van der Waals surface area contributed by atoms with E-state index in [0.29, 0.717) is 6.04 Å². The summed E-state index contributed by atoms with van der Waals surface area (Å²) >= 11 is 0. The van der Waals surface area contributed by atoms with Crippen LogP contribution < -0.4 is 5.32 Å². The quantitative estimate of drug-likeness (QED) is 0.937. The summed E-state index contributed by atoms with van der Waals surface area (Å²) in [7, 11) is 0. The molecule has 0 saturated carbocycles. The van der Waals surface area contributed by atoms with Gasteiger partial charge in [0.05, 0.1) is 0 Å². The molecule has 1 N–H and O–H groups in total. The van der Waals surface area contributed by atoms with Gasteiger partial charge in [-0.1, -0.05) is 13.0 Å². The van der Waals surface area contributed by atoms with Crippen LogP contribution in [-0.2, 0) is 0 Å². The van der Waals surface area contributed by atoms with Crippen molar-refractivity contribution in [1.29, 1.82) is 0 Å². The number of anilines is 1. The molecule has 3 nitrogen and oxygen atoms in total. The first kappa shape index (κ1) is 15.1. The minimum atomic E-state index is 0. The van der Waals surface area contributed by atoms with Gasteiger partial charge >= 0.3 is 0 Å². The number of fused-ring (bicyclic) bond motifs is 1. The van der Waals surface area contributed by atoms with Crippen molar-refractivity contribution in [2.24, 2.45) is 0 Å². The van der Waals surface area contributed by atoms with E-state index in [4.69, 9.17) is 0 Å². The van der Waals surface area contributed by atoms with Gasteiger partial charge in [-0.05, 0) is 43.0 Å². The van der Waals surface area contributed by atoms with E-state index in [1.54, 1.807) is 0 Å². The van der Waals surface area contributed by atoms with Gasteiger partial charge in [-0.15, -0.1) is 12.4 Å². The normalized spacial score (nSPS) is 16.9. The Morgan fingerprint density at radius 2 is 2.00 bits per heavy atom. The summed E-state index contributed by atoms with van der Waals surface area (Å²) in [6, 6.07) is 9.22. The first-order valence-corrected chi connectivity index (χ1v) is 7.18. The number of rotatable bonds is 3. The summed E-state index contributed by atoms with van der Waals surface area (Å²) in [5.74, 6) is 0. The van der Waals surface area contributed by atoms with Gasteiger partial charge in [0.25, 0.3) is 0 Å². The van der Waals surface area contributed by atoms with Crippen LogP contribution in [0.2, 0.25) is 0 Å². The van der Waals surface area contributed by atoms with Crippen LogP contribution in [0.3, 0.4) is 0 Å². The Labute approximate surface area is 126 Å². The molecule has 1 aliphatic heterocycles. The molecule has 0 atom stereocenters. The third-order valence-corrected chi connectivity index (χ3v) is 4.05. The number of pyridine rings is 1. The van der Waals surface area contributed by atoms with Gasteiger partial charge < -0.3 is 10.2 Å². The van der Waals surface area contributed by atoms with Crippen molar-refractivity contribution in [3.8, 4) is 0 Å². The molecule has 4 heteroatoms. The van der Waals surface area contributed by atoms with Crippen molar-refractivity contribution in [3.63, 3.8) is 0 Å². The van der Waals surface area contributed by atoms with Crippen molar-refractivity contribution in [2.75, 3.05) is 25.0 Å². The molecule has 2 aromatic rings. The number of likely N-dealkylation sites (tertiary alicyclic amines) is 1. The number of hydrogen-bond acceptors (Lipinski definition) is 3. The van der Waals surface area contributed by atoms with Crippen LogP contribution in [0, 0.1) is 0 Å². The fourth-order valence-corrected chi connectivity index (χ4v) is 2.80. The Hall–Kier alpha value is -1.32. The molecule has 108 valence electrons. The standard InChI is InChI=1S/C16H21N3.ClH/c1-2-19-9-6-15(7-10-19)18-16-4-3-14-12-17-8-5-13(14)11-16;/h3-5,8,11-12,15,18H,2,6-7,9-10H2,1H3;1H. The molecule has 2 heterocycles. The minimum absolute atomic E-state index is 0. The second-order valence-corrected chi connectivity index (χ2v) is 5.29. The van der Waals surface area contributed by atoms with Gasteiger partial charge in [0, 0.05) is 42.6 Å². The summed E-state index contributed by atoms with van der Waals surface area (Å²) in [5.41, 5.74) is 1.23. The summed E-state index contributed by atoms with van der Waals surface area (Å²) in [4.78, 5) is 6.67. The monoisotopic (exact) mass is 291 g/mol. The molecule has 0 spiro atoms. The van der Waals surface area contributed by atoms with E-state index >= 15 is 0 Å². The van der Waals surface area contributed by atoms with Crippen LogP contribution in [0.25, 0.3) is 10.8 Å².